The molecule has 2 N–H and O–H groups in total. The Labute approximate surface area is 108 Å². The molecule has 1 aliphatic heterocycles. The molecule has 0 unspecified atom stereocenters. The predicted octanol–water partition coefficient (Wildman–Crippen LogP) is 1.85. The summed E-state index contributed by atoms with van der Waals surface area (Å²) in [6.07, 6.45) is 2.49. The first-order chi connectivity index (χ1) is 8.68. The van der Waals surface area contributed by atoms with Crippen LogP contribution in [0.4, 0.5) is 5.69 Å². The van der Waals surface area contributed by atoms with Gasteiger partial charge in [-0.05, 0) is 31.4 Å². The fraction of sp³-hybridized carbons (Fsp3) is 0.500. The van der Waals surface area contributed by atoms with Crippen LogP contribution in [0.3, 0.4) is 0 Å². The molecule has 1 aromatic carbocycles. The van der Waals surface area contributed by atoms with Crippen LogP contribution >= 0.6 is 0 Å². The zero-order valence-electron chi connectivity index (χ0n) is 10.7. The summed E-state index contributed by atoms with van der Waals surface area (Å²) >= 11 is 0. The first-order valence-electron chi connectivity index (χ1n) is 6.47. The van der Waals surface area contributed by atoms with Gasteiger partial charge >= 0.3 is 5.97 Å². The van der Waals surface area contributed by atoms with Crippen molar-refractivity contribution in [3.05, 3.63) is 29.8 Å². The Morgan fingerprint density at radius 1 is 1.39 bits per heavy atom. The molecule has 1 fully saturated rings. The van der Waals surface area contributed by atoms with Crippen molar-refractivity contribution >= 4 is 11.7 Å². The zero-order valence-corrected chi connectivity index (χ0v) is 10.7. The maximum atomic E-state index is 10.8. The Morgan fingerprint density at radius 3 is 2.72 bits per heavy atom. The van der Waals surface area contributed by atoms with Crippen molar-refractivity contribution in [3.8, 4) is 0 Å². The number of nitrogens with one attached hydrogen (secondary N) is 1. The summed E-state index contributed by atoms with van der Waals surface area (Å²) in [6.45, 7) is 4.47. The van der Waals surface area contributed by atoms with Gasteiger partial charge < -0.3 is 15.3 Å². The van der Waals surface area contributed by atoms with Crippen LogP contribution in [-0.4, -0.2) is 30.2 Å². The molecule has 0 amide bonds. The molecule has 1 aromatic rings. The highest BCUT2D eigenvalue weighted by molar-refractivity contribution is 5.72. The second kappa shape index (κ2) is 5.87. The van der Waals surface area contributed by atoms with Crippen LogP contribution in [0.1, 0.15) is 25.3 Å². The highest BCUT2D eigenvalue weighted by atomic mass is 16.4. The molecule has 0 saturated carbocycles. The molecule has 2 rings (SSSR count). The summed E-state index contributed by atoms with van der Waals surface area (Å²) < 4.78 is 0. The highest BCUT2D eigenvalue weighted by Crippen LogP contribution is 2.24. The summed E-state index contributed by atoms with van der Waals surface area (Å²) in [4.78, 5) is 13.2. The van der Waals surface area contributed by atoms with E-state index in [1.165, 1.54) is 24.1 Å². The molecule has 98 valence electrons. The van der Waals surface area contributed by atoms with Crippen molar-refractivity contribution < 1.29 is 9.90 Å². The van der Waals surface area contributed by atoms with Crippen LogP contribution in [0, 0.1) is 0 Å². The van der Waals surface area contributed by atoms with E-state index in [2.05, 4.69) is 22.3 Å². The third kappa shape index (κ3) is 3.01. The number of para-hydroxylation sites is 1. The van der Waals surface area contributed by atoms with E-state index in [0.29, 0.717) is 6.54 Å². The van der Waals surface area contributed by atoms with Gasteiger partial charge in [0.1, 0.15) is 6.04 Å². The van der Waals surface area contributed by atoms with Crippen molar-refractivity contribution in [2.45, 2.75) is 32.4 Å². The average Bonchev–Trinajstić information content (AvgIpc) is 2.89. The Kier molecular flexibility index (Phi) is 4.20. The van der Waals surface area contributed by atoms with Crippen molar-refractivity contribution in [1.29, 1.82) is 0 Å². The summed E-state index contributed by atoms with van der Waals surface area (Å²) in [5.74, 6) is -0.811. The Morgan fingerprint density at radius 2 is 2.06 bits per heavy atom. The number of hydrogen-bond acceptors (Lipinski definition) is 3. The molecule has 1 aliphatic rings. The van der Waals surface area contributed by atoms with Crippen LogP contribution in [0.2, 0.25) is 0 Å². The van der Waals surface area contributed by atoms with E-state index in [4.69, 9.17) is 5.11 Å². The molecular formula is C14H20N2O2. The lowest BCUT2D eigenvalue weighted by Crippen LogP contribution is -2.33. The molecule has 1 heterocycles. The van der Waals surface area contributed by atoms with Gasteiger partial charge in [-0.2, -0.15) is 0 Å². The van der Waals surface area contributed by atoms with Gasteiger partial charge in [0.25, 0.3) is 0 Å². The summed E-state index contributed by atoms with van der Waals surface area (Å²) in [5.41, 5.74) is 2.41. The largest absolute Gasteiger partial charge is 0.480 e. The van der Waals surface area contributed by atoms with Gasteiger partial charge in [-0.1, -0.05) is 18.2 Å². The first kappa shape index (κ1) is 12.9. The van der Waals surface area contributed by atoms with E-state index in [9.17, 15) is 4.79 Å². The van der Waals surface area contributed by atoms with Gasteiger partial charge in [0.05, 0.1) is 0 Å². The molecule has 0 radical (unpaired) electrons. The number of benzene rings is 1. The summed E-state index contributed by atoms with van der Waals surface area (Å²) in [6, 6.07) is 7.71. The van der Waals surface area contributed by atoms with Gasteiger partial charge in [0, 0.05) is 25.3 Å². The second-order valence-electron chi connectivity index (χ2n) is 4.76. The molecular weight excluding hydrogens is 228 g/mol. The van der Waals surface area contributed by atoms with Crippen LogP contribution in [0.15, 0.2) is 24.3 Å². The second-order valence-corrected chi connectivity index (χ2v) is 4.76. The maximum Gasteiger partial charge on any atom is 0.320 e. The minimum absolute atomic E-state index is 0.517. The third-order valence-electron chi connectivity index (χ3n) is 3.41. The minimum Gasteiger partial charge on any atom is -0.480 e. The van der Waals surface area contributed by atoms with Crippen molar-refractivity contribution in [3.63, 3.8) is 0 Å². The van der Waals surface area contributed by atoms with E-state index in [0.717, 1.165) is 13.1 Å². The van der Waals surface area contributed by atoms with E-state index >= 15 is 0 Å². The monoisotopic (exact) mass is 248 g/mol. The van der Waals surface area contributed by atoms with Gasteiger partial charge in [-0.15, -0.1) is 0 Å². The quantitative estimate of drug-likeness (QED) is 0.835. The molecule has 18 heavy (non-hydrogen) atoms. The number of aliphatic carboxylic acids is 1. The van der Waals surface area contributed by atoms with Crippen LogP contribution in [-0.2, 0) is 11.3 Å². The number of hydrogen-bond donors (Lipinski definition) is 2. The topological polar surface area (TPSA) is 52.6 Å². The molecule has 0 aromatic heterocycles. The number of nitrogens with zero attached hydrogens (tertiary/aromatic N) is 1. The number of carbonyl (C=O) groups is 1. The SMILES string of the molecule is C[C@@H](NCc1ccccc1N1CCCC1)C(=O)O. The lowest BCUT2D eigenvalue weighted by atomic mass is 10.1. The number of carboxylic acid groups (broad SMARTS) is 1. The lowest BCUT2D eigenvalue weighted by molar-refractivity contribution is -0.139. The van der Waals surface area contributed by atoms with E-state index in [-0.39, 0.29) is 0 Å². The fourth-order valence-electron chi connectivity index (χ4n) is 2.28. The van der Waals surface area contributed by atoms with Gasteiger partial charge in [0.15, 0.2) is 0 Å². The van der Waals surface area contributed by atoms with Crippen molar-refractivity contribution in [1.82, 2.24) is 5.32 Å². The van der Waals surface area contributed by atoms with Gasteiger partial charge in [-0.3, -0.25) is 4.79 Å². The molecule has 4 heteroatoms. The first-order valence-corrected chi connectivity index (χ1v) is 6.47. The standard InChI is InChI=1S/C14H20N2O2/c1-11(14(17)18)15-10-12-6-2-3-7-13(12)16-8-4-5-9-16/h2-3,6-7,11,15H,4-5,8-10H2,1H3,(H,17,18)/t11-/m1/s1. The van der Waals surface area contributed by atoms with E-state index in [1.807, 2.05) is 12.1 Å². The summed E-state index contributed by atoms with van der Waals surface area (Å²) in [7, 11) is 0. The molecule has 0 aliphatic carbocycles. The predicted molar refractivity (Wildman–Crippen MR) is 71.8 cm³/mol. The molecule has 4 nitrogen and oxygen atoms in total. The van der Waals surface area contributed by atoms with Crippen LogP contribution < -0.4 is 10.2 Å². The van der Waals surface area contributed by atoms with Crippen LogP contribution in [0.25, 0.3) is 0 Å². The fourth-order valence-corrected chi connectivity index (χ4v) is 2.28. The minimum atomic E-state index is -0.811. The normalized spacial score (nSPS) is 16.8. The smallest absolute Gasteiger partial charge is 0.320 e. The molecule has 0 spiro atoms. The Balaban J connectivity index is 2.05. The number of carboxylic acids is 1. The third-order valence-corrected chi connectivity index (χ3v) is 3.41. The number of anilines is 1. The highest BCUT2D eigenvalue weighted by Gasteiger charge is 2.16. The Bertz CT molecular complexity index is 414. The molecule has 1 atom stereocenters. The lowest BCUT2D eigenvalue weighted by Gasteiger charge is -2.22. The van der Waals surface area contributed by atoms with E-state index in [1.54, 1.807) is 6.92 Å². The van der Waals surface area contributed by atoms with Crippen molar-refractivity contribution in [2.24, 2.45) is 0 Å². The zero-order chi connectivity index (χ0) is 13.0. The van der Waals surface area contributed by atoms with Gasteiger partial charge in [-0.25, -0.2) is 0 Å². The number of rotatable bonds is 5. The summed E-state index contributed by atoms with van der Waals surface area (Å²) in [5, 5.41) is 11.9. The van der Waals surface area contributed by atoms with Crippen molar-refractivity contribution in [2.75, 3.05) is 18.0 Å². The van der Waals surface area contributed by atoms with E-state index < -0.39 is 12.0 Å². The van der Waals surface area contributed by atoms with Crippen LogP contribution in [0.5, 0.6) is 0 Å². The van der Waals surface area contributed by atoms with Gasteiger partial charge in [0.2, 0.25) is 0 Å². The molecule has 0 bridgehead atoms. The maximum absolute atomic E-state index is 10.8. The Hall–Kier alpha value is -1.55. The molecule has 1 saturated heterocycles. The average molecular weight is 248 g/mol.